The Morgan fingerprint density at radius 3 is 3.00 bits per heavy atom. The van der Waals surface area contributed by atoms with Crippen LogP contribution in [0, 0.1) is 11.3 Å². The van der Waals surface area contributed by atoms with Gasteiger partial charge in [0.2, 0.25) is 0 Å². The largest absolute Gasteiger partial charge is 0.384 e. The Morgan fingerprint density at radius 1 is 1.30 bits per heavy atom. The highest BCUT2D eigenvalue weighted by Crippen LogP contribution is 2.27. The molecule has 0 saturated heterocycles. The van der Waals surface area contributed by atoms with Gasteiger partial charge in [0.05, 0.1) is 10.6 Å². The maximum absolute atomic E-state index is 8.86. The summed E-state index contributed by atoms with van der Waals surface area (Å²) in [7, 11) is 0. The molecule has 100 valence electrons. The lowest BCUT2D eigenvalue weighted by molar-refractivity contribution is 1.11. The molecule has 4 heteroatoms. The van der Waals surface area contributed by atoms with Gasteiger partial charge in [-0.1, -0.05) is 29.8 Å². The summed E-state index contributed by atoms with van der Waals surface area (Å²) >= 11 is 6.03. The predicted octanol–water partition coefficient (Wildman–Crippen LogP) is 3.79. The SMILES string of the molecule is N#Cc1ccc(NCc2cccc3c2NCC3)cc1Cl. The second-order valence-corrected chi connectivity index (χ2v) is 5.20. The fourth-order valence-electron chi connectivity index (χ4n) is 2.47. The molecule has 0 bridgehead atoms. The Hall–Kier alpha value is -2.18. The van der Waals surface area contributed by atoms with E-state index in [-0.39, 0.29) is 0 Å². The molecule has 0 fully saturated rings. The van der Waals surface area contributed by atoms with E-state index < -0.39 is 0 Å². The molecule has 1 heterocycles. The van der Waals surface area contributed by atoms with Gasteiger partial charge in [-0.05, 0) is 35.7 Å². The number of benzene rings is 2. The number of fused-ring (bicyclic) bond motifs is 1. The van der Waals surface area contributed by atoms with Crippen molar-refractivity contribution in [3.63, 3.8) is 0 Å². The molecule has 0 saturated carbocycles. The van der Waals surface area contributed by atoms with Crippen molar-refractivity contribution in [2.45, 2.75) is 13.0 Å². The number of hydrogen-bond acceptors (Lipinski definition) is 3. The lowest BCUT2D eigenvalue weighted by Gasteiger charge is -2.11. The van der Waals surface area contributed by atoms with Crippen LogP contribution in [0.15, 0.2) is 36.4 Å². The molecule has 20 heavy (non-hydrogen) atoms. The first-order valence-corrected chi connectivity index (χ1v) is 6.94. The van der Waals surface area contributed by atoms with Crippen LogP contribution < -0.4 is 10.6 Å². The normalized spacial score (nSPS) is 12.4. The van der Waals surface area contributed by atoms with E-state index in [0.29, 0.717) is 10.6 Å². The number of halogens is 1. The van der Waals surface area contributed by atoms with Crippen molar-refractivity contribution in [2.75, 3.05) is 17.2 Å². The maximum atomic E-state index is 8.86. The number of anilines is 2. The molecule has 0 atom stereocenters. The third kappa shape index (κ3) is 2.43. The van der Waals surface area contributed by atoms with Crippen LogP contribution in [0.5, 0.6) is 0 Å². The summed E-state index contributed by atoms with van der Waals surface area (Å²) < 4.78 is 0. The van der Waals surface area contributed by atoms with Crippen molar-refractivity contribution in [3.8, 4) is 6.07 Å². The molecule has 2 aromatic rings. The quantitative estimate of drug-likeness (QED) is 0.901. The highest BCUT2D eigenvalue weighted by molar-refractivity contribution is 6.32. The number of rotatable bonds is 3. The first-order valence-electron chi connectivity index (χ1n) is 6.56. The van der Waals surface area contributed by atoms with E-state index in [4.69, 9.17) is 16.9 Å². The lowest BCUT2D eigenvalue weighted by Crippen LogP contribution is -2.03. The molecular formula is C16H14ClN3. The van der Waals surface area contributed by atoms with E-state index in [1.54, 1.807) is 12.1 Å². The summed E-state index contributed by atoms with van der Waals surface area (Å²) in [4.78, 5) is 0. The van der Waals surface area contributed by atoms with Crippen LogP contribution in [0.3, 0.4) is 0 Å². The van der Waals surface area contributed by atoms with Crippen molar-refractivity contribution in [3.05, 3.63) is 58.1 Å². The Labute approximate surface area is 123 Å². The molecule has 3 rings (SSSR count). The van der Waals surface area contributed by atoms with Crippen molar-refractivity contribution in [1.29, 1.82) is 5.26 Å². The van der Waals surface area contributed by atoms with Crippen molar-refractivity contribution >= 4 is 23.0 Å². The van der Waals surface area contributed by atoms with Crippen molar-refractivity contribution in [2.24, 2.45) is 0 Å². The molecule has 0 spiro atoms. The second kappa shape index (κ2) is 5.44. The second-order valence-electron chi connectivity index (χ2n) is 4.79. The Balaban J connectivity index is 1.76. The van der Waals surface area contributed by atoms with Gasteiger partial charge in [0.15, 0.2) is 0 Å². The summed E-state index contributed by atoms with van der Waals surface area (Å²) in [5.41, 5.74) is 5.30. The first-order chi connectivity index (χ1) is 9.78. The average Bonchev–Trinajstić information content (AvgIpc) is 2.94. The Kier molecular flexibility index (Phi) is 3.49. The van der Waals surface area contributed by atoms with Crippen molar-refractivity contribution in [1.82, 2.24) is 0 Å². The lowest BCUT2D eigenvalue weighted by atomic mass is 10.1. The number of nitriles is 1. The molecule has 0 aliphatic carbocycles. The zero-order chi connectivity index (χ0) is 13.9. The monoisotopic (exact) mass is 283 g/mol. The van der Waals surface area contributed by atoms with Crippen LogP contribution in [0.1, 0.15) is 16.7 Å². The number of nitrogens with one attached hydrogen (secondary N) is 2. The van der Waals surface area contributed by atoms with E-state index in [2.05, 4.69) is 34.9 Å². The van der Waals surface area contributed by atoms with E-state index in [1.165, 1.54) is 16.8 Å². The van der Waals surface area contributed by atoms with Gasteiger partial charge in [0, 0.05) is 24.5 Å². The summed E-state index contributed by atoms with van der Waals surface area (Å²) in [6.07, 6.45) is 1.09. The summed E-state index contributed by atoms with van der Waals surface area (Å²) in [6.45, 7) is 1.74. The minimum atomic E-state index is 0.480. The summed E-state index contributed by atoms with van der Waals surface area (Å²) in [5.74, 6) is 0. The third-order valence-electron chi connectivity index (χ3n) is 3.51. The highest BCUT2D eigenvalue weighted by atomic mass is 35.5. The molecule has 1 aliphatic heterocycles. The van der Waals surface area contributed by atoms with E-state index in [1.807, 2.05) is 6.07 Å². The zero-order valence-corrected chi connectivity index (χ0v) is 11.7. The topological polar surface area (TPSA) is 47.9 Å². The summed E-state index contributed by atoms with van der Waals surface area (Å²) in [5, 5.41) is 16.1. The first kappa shape index (κ1) is 12.8. The van der Waals surface area contributed by atoms with Crippen LogP contribution in [0.4, 0.5) is 11.4 Å². The van der Waals surface area contributed by atoms with Crippen LogP contribution in [-0.2, 0) is 13.0 Å². The van der Waals surface area contributed by atoms with Gasteiger partial charge in [0.1, 0.15) is 6.07 Å². The smallest absolute Gasteiger partial charge is 0.101 e. The van der Waals surface area contributed by atoms with Gasteiger partial charge in [-0.25, -0.2) is 0 Å². The standard InChI is InChI=1S/C16H14ClN3/c17-15-8-14(5-4-12(15)9-18)20-10-13-3-1-2-11-6-7-19-16(11)13/h1-5,8,19-20H,6-7,10H2. The molecule has 0 unspecified atom stereocenters. The van der Waals surface area contributed by atoms with Gasteiger partial charge in [0.25, 0.3) is 0 Å². The van der Waals surface area contributed by atoms with Crippen LogP contribution in [0.25, 0.3) is 0 Å². The van der Waals surface area contributed by atoms with Gasteiger partial charge < -0.3 is 10.6 Å². The van der Waals surface area contributed by atoms with Crippen molar-refractivity contribution < 1.29 is 0 Å². The maximum Gasteiger partial charge on any atom is 0.101 e. The molecule has 2 N–H and O–H groups in total. The molecule has 0 amide bonds. The molecule has 0 radical (unpaired) electrons. The highest BCUT2D eigenvalue weighted by Gasteiger charge is 2.13. The number of hydrogen-bond donors (Lipinski definition) is 2. The van der Waals surface area contributed by atoms with Gasteiger partial charge in [-0.2, -0.15) is 5.26 Å². The van der Waals surface area contributed by atoms with E-state index >= 15 is 0 Å². The Morgan fingerprint density at radius 2 is 2.20 bits per heavy atom. The van der Waals surface area contributed by atoms with Crippen LogP contribution >= 0.6 is 11.6 Å². The van der Waals surface area contributed by atoms with Crippen LogP contribution in [0.2, 0.25) is 5.02 Å². The fourth-order valence-corrected chi connectivity index (χ4v) is 2.69. The molecule has 0 aromatic heterocycles. The van der Waals surface area contributed by atoms with E-state index in [9.17, 15) is 0 Å². The van der Waals surface area contributed by atoms with Gasteiger partial charge in [-0.15, -0.1) is 0 Å². The van der Waals surface area contributed by atoms with Crippen LogP contribution in [-0.4, -0.2) is 6.54 Å². The Bertz CT molecular complexity index is 689. The summed E-state index contributed by atoms with van der Waals surface area (Å²) in [6, 6.07) is 13.8. The number of nitrogens with zero attached hydrogens (tertiary/aromatic N) is 1. The third-order valence-corrected chi connectivity index (χ3v) is 3.82. The molecule has 1 aliphatic rings. The fraction of sp³-hybridized carbons (Fsp3) is 0.188. The van der Waals surface area contributed by atoms with Gasteiger partial charge in [-0.3, -0.25) is 0 Å². The number of para-hydroxylation sites is 1. The molecule has 2 aromatic carbocycles. The molecule has 3 nitrogen and oxygen atoms in total. The minimum absolute atomic E-state index is 0.480. The minimum Gasteiger partial charge on any atom is -0.384 e. The zero-order valence-electron chi connectivity index (χ0n) is 10.9. The van der Waals surface area contributed by atoms with Gasteiger partial charge >= 0.3 is 0 Å². The average molecular weight is 284 g/mol. The predicted molar refractivity (Wildman–Crippen MR) is 82.1 cm³/mol. The molecular weight excluding hydrogens is 270 g/mol. The van der Waals surface area contributed by atoms with E-state index in [0.717, 1.165) is 25.2 Å².